The molecule has 1 fully saturated rings. The number of anilines is 1. The van der Waals surface area contributed by atoms with Crippen LogP contribution in [-0.2, 0) is 0 Å². The van der Waals surface area contributed by atoms with Crippen molar-refractivity contribution in [3.8, 4) is 0 Å². The molecule has 0 atom stereocenters. The minimum absolute atomic E-state index is 0.476. The van der Waals surface area contributed by atoms with E-state index in [0.717, 1.165) is 18.1 Å². The number of aryl methyl sites for hydroxylation is 1. The monoisotopic (exact) mass is 209 g/mol. The van der Waals surface area contributed by atoms with Crippen molar-refractivity contribution >= 4 is 17.6 Å². The van der Waals surface area contributed by atoms with E-state index in [1.807, 2.05) is 18.7 Å². The molecule has 0 aromatic carbocycles. The lowest BCUT2D eigenvalue weighted by atomic mass is 10.4. The van der Waals surface area contributed by atoms with E-state index in [0.29, 0.717) is 4.75 Å². The summed E-state index contributed by atoms with van der Waals surface area (Å²) in [6, 6.07) is 0. The van der Waals surface area contributed by atoms with Crippen LogP contribution in [0.4, 0.5) is 5.82 Å². The summed E-state index contributed by atoms with van der Waals surface area (Å²) in [7, 11) is 0. The van der Waals surface area contributed by atoms with Crippen LogP contribution < -0.4 is 5.32 Å². The van der Waals surface area contributed by atoms with Gasteiger partial charge in [-0.15, -0.1) is 0 Å². The Hall–Kier alpha value is -0.770. The van der Waals surface area contributed by atoms with E-state index in [1.54, 1.807) is 12.4 Å². The normalized spacial score (nSPS) is 17.9. The molecule has 1 N–H and O–H groups in total. The summed E-state index contributed by atoms with van der Waals surface area (Å²) >= 11 is 1.95. The van der Waals surface area contributed by atoms with Crippen molar-refractivity contribution in [1.82, 2.24) is 9.97 Å². The molecule has 1 aliphatic carbocycles. The van der Waals surface area contributed by atoms with Crippen molar-refractivity contribution in [3.05, 3.63) is 18.1 Å². The Bertz CT molecular complexity index is 323. The summed E-state index contributed by atoms with van der Waals surface area (Å²) in [4.78, 5) is 8.45. The summed E-state index contributed by atoms with van der Waals surface area (Å²) in [5.74, 6) is 0.924. The summed E-state index contributed by atoms with van der Waals surface area (Å²) in [6.45, 7) is 2.99. The zero-order chi connectivity index (χ0) is 10.0. The summed E-state index contributed by atoms with van der Waals surface area (Å²) in [5, 5.41) is 3.37. The minimum atomic E-state index is 0.476. The fraction of sp³-hybridized carbons (Fsp3) is 0.600. The molecule has 1 heterocycles. The van der Waals surface area contributed by atoms with Gasteiger partial charge in [0, 0.05) is 23.7 Å². The van der Waals surface area contributed by atoms with Crippen molar-refractivity contribution < 1.29 is 0 Å². The van der Waals surface area contributed by atoms with Gasteiger partial charge in [0.25, 0.3) is 0 Å². The highest BCUT2D eigenvalue weighted by Crippen LogP contribution is 2.46. The highest BCUT2D eigenvalue weighted by Gasteiger charge is 2.41. The molecule has 14 heavy (non-hydrogen) atoms. The van der Waals surface area contributed by atoms with Crippen molar-refractivity contribution in [2.24, 2.45) is 0 Å². The van der Waals surface area contributed by atoms with E-state index in [9.17, 15) is 0 Å². The average Bonchev–Trinajstić information content (AvgIpc) is 2.98. The number of nitrogens with zero attached hydrogens (tertiary/aromatic N) is 2. The number of thioether (sulfide) groups is 1. The van der Waals surface area contributed by atoms with Crippen LogP contribution in [0.25, 0.3) is 0 Å². The van der Waals surface area contributed by atoms with Crippen LogP contribution >= 0.6 is 11.8 Å². The first-order chi connectivity index (χ1) is 6.76. The molecule has 0 bridgehead atoms. The lowest BCUT2D eigenvalue weighted by Crippen LogP contribution is -2.18. The molecule has 0 spiro atoms. The maximum Gasteiger partial charge on any atom is 0.147 e. The van der Waals surface area contributed by atoms with Gasteiger partial charge in [-0.3, -0.25) is 4.98 Å². The molecule has 1 saturated carbocycles. The average molecular weight is 209 g/mol. The first-order valence-corrected chi connectivity index (χ1v) is 6.05. The van der Waals surface area contributed by atoms with Gasteiger partial charge in [-0.05, 0) is 26.0 Å². The van der Waals surface area contributed by atoms with Crippen LogP contribution in [-0.4, -0.2) is 27.5 Å². The lowest BCUT2D eigenvalue weighted by molar-refractivity contribution is 0.930. The standard InChI is InChI=1S/C10H15N3S/c1-8-9(12-6-5-11-8)13-7-10(14-2)3-4-10/h5-6H,3-4,7H2,1-2H3,(H,12,13). The first kappa shape index (κ1) is 9.77. The maximum atomic E-state index is 4.26. The van der Waals surface area contributed by atoms with E-state index in [-0.39, 0.29) is 0 Å². The molecule has 3 nitrogen and oxygen atoms in total. The number of hydrogen-bond acceptors (Lipinski definition) is 4. The zero-order valence-corrected chi connectivity index (χ0v) is 9.40. The summed E-state index contributed by atoms with van der Waals surface area (Å²) in [5.41, 5.74) is 0.976. The van der Waals surface area contributed by atoms with Crippen LogP contribution in [0.3, 0.4) is 0 Å². The van der Waals surface area contributed by atoms with Gasteiger partial charge in [-0.25, -0.2) is 4.98 Å². The molecule has 2 rings (SSSR count). The fourth-order valence-corrected chi connectivity index (χ4v) is 2.15. The highest BCUT2D eigenvalue weighted by atomic mass is 32.2. The predicted octanol–water partition coefficient (Wildman–Crippen LogP) is 2.09. The third-order valence-corrected chi connectivity index (χ3v) is 4.12. The smallest absolute Gasteiger partial charge is 0.147 e. The molecular weight excluding hydrogens is 194 g/mol. The Kier molecular flexibility index (Phi) is 2.63. The van der Waals surface area contributed by atoms with E-state index < -0.39 is 0 Å². The Morgan fingerprint density at radius 3 is 2.71 bits per heavy atom. The van der Waals surface area contributed by atoms with Crippen molar-refractivity contribution in [1.29, 1.82) is 0 Å². The van der Waals surface area contributed by atoms with Crippen LogP contribution in [0, 0.1) is 6.92 Å². The first-order valence-electron chi connectivity index (χ1n) is 4.82. The van der Waals surface area contributed by atoms with E-state index >= 15 is 0 Å². The maximum absolute atomic E-state index is 4.26. The van der Waals surface area contributed by atoms with Gasteiger partial charge in [0.05, 0.1) is 5.69 Å². The topological polar surface area (TPSA) is 37.8 Å². The zero-order valence-electron chi connectivity index (χ0n) is 8.58. The number of rotatable bonds is 4. The molecule has 4 heteroatoms. The lowest BCUT2D eigenvalue weighted by Gasteiger charge is -2.14. The Morgan fingerprint density at radius 1 is 1.43 bits per heavy atom. The number of aromatic nitrogens is 2. The molecule has 1 aromatic rings. The van der Waals surface area contributed by atoms with E-state index in [1.165, 1.54) is 12.8 Å². The van der Waals surface area contributed by atoms with Gasteiger partial charge in [-0.1, -0.05) is 0 Å². The highest BCUT2D eigenvalue weighted by molar-refractivity contribution is 8.00. The Morgan fingerprint density at radius 2 is 2.14 bits per heavy atom. The quantitative estimate of drug-likeness (QED) is 0.824. The van der Waals surface area contributed by atoms with Gasteiger partial charge in [0.2, 0.25) is 0 Å². The number of nitrogens with one attached hydrogen (secondary N) is 1. The van der Waals surface area contributed by atoms with Crippen LogP contribution in [0.1, 0.15) is 18.5 Å². The molecule has 0 unspecified atom stereocenters. The van der Waals surface area contributed by atoms with Gasteiger partial charge in [-0.2, -0.15) is 11.8 Å². The molecule has 0 aliphatic heterocycles. The van der Waals surface area contributed by atoms with Gasteiger partial charge in [0.15, 0.2) is 0 Å². The second-order valence-corrected chi connectivity index (χ2v) is 5.01. The van der Waals surface area contributed by atoms with Gasteiger partial charge in [0.1, 0.15) is 5.82 Å². The second-order valence-electron chi connectivity index (χ2n) is 3.73. The molecule has 0 saturated heterocycles. The molecule has 1 aromatic heterocycles. The molecule has 76 valence electrons. The van der Waals surface area contributed by atoms with Gasteiger partial charge < -0.3 is 5.32 Å². The fourth-order valence-electron chi connectivity index (χ4n) is 1.42. The molecule has 0 radical (unpaired) electrons. The molecular formula is C10H15N3S. The van der Waals surface area contributed by atoms with Crippen molar-refractivity contribution in [2.45, 2.75) is 24.5 Å². The van der Waals surface area contributed by atoms with E-state index in [4.69, 9.17) is 0 Å². The van der Waals surface area contributed by atoms with Crippen LogP contribution in [0.5, 0.6) is 0 Å². The Balaban J connectivity index is 1.95. The largest absolute Gasteiger partial charge is 0.367 e. The third-order valence-electron chi connectivity index (χ3n) is 2.70. The van der Waals surface area contributed by atoms with Crippen LogP contribution in [0.2, 0.25) is 0 Å². The summed E-state index contributed by atoms with van der Waals surface area (Å²) < 4.78 is 0.476. The summed E-state index contributed by atoms with van der Waals surface area (Å²) in [6.07, 6.45) is 8.27. The van der Waals surface area contributed by atoms with E-state index in [2.05, 4.69) is 21.5 Å². The van der Waals surface area contributed by atoms with Crippen molar-refractivity contribution in [2.75, 3.05) is 18.1 Å². The second kappa shape index (κ2) is 3.77. The third kappa shape index (κ3) is 2.00. The molecule has 1 aliphatic rings. The van der Waals surface area contributed by atoms with Gasteiger partial charge >= 0.3 is 0 Å². The predicted molar refractivity (Wildman–Crippen MR) is 60.7 cm³/mol. The van der Waals surface area contributed by atoms with Crippen molar-refractivity contribution in [3.63, 3.8) is 0 Å². The number of hydrogen-bond donors (Lipinski definition) is 1. The Labute approximate surface area is 88.7 Å². The minimum Gasteiger partial charge on any atom is -0.367 e. The SMILES string of the molecule is CSC1(CNc2nccnc2C)CC1. The molecule has 0 amide bonds. The van der Waals surface area contributed by atoms with Crippen LogP contribution in [0.15, 0.2) is 12.4 Å².